The van der Waals surface area contributed by atoms with E-state index in [-0.39, 0.29) is 22.8 Å². The van der Waals surface area contributed by atoms with Gasteiger partial charge in [0.1, 0.15) is 17.2 Å². The third-order valence-corrected chi connectivity index (χ3v) is 2.83. The summed E-state index contributed by atoms with van der Waals surface area (Å²) < 4.78 is 37.7. The van der Waals surface area contributed by atoms with Gasteiger partial charge in [-0.05, 0) is 55.5 Å². The van der Waals surface area contributed by atoms with Gasteiger partial charge in [-0.15, -0.1) is 0 Å². The van der Waals surface area contributed by atoms with Gasteiger partial charge in [0.2, 0.25) is 0 Å². The molecule has 23 heavy (non-hydrogen) atoms. The summed E-state index contributed by atoms with van der Waals surface area (Å²) in [5, 5.41) is 9.12. The van der Waals surface area contributed by atoms with Gasteiger partial charge in [0.25, 0.3) is 0 Å². The van der Waals surface area contributed by atoms with E-state index in [1.54, 1.807) is 0 Å². The molecule has 2 aromatic carbocycles. The lowest BCUT2D eigenvalue weighted by molar-refractivity contribution is -0.185. The molecule has 0 saturated carbocycles. The summed E-state index contributed by atoms with van der Waals surface area (Å²) in [6, 6.07) is 9.62. The average Bonchev–Trinajstić information content (AvgIpc) is 2.50. The molecule has 2 aromatic rings. The van der Waals surface area contributed by atoms with E-state index in [9.17, 15) is 13.6 Å². The summed E-state index contributed by atoms with van der Waals surface area (Å²) in [6.07, 6.45) is -3.58. The highest BCUT2D eigenvalue weighted by molar-refractivity contribution is 5.88. The number of phenols is 1. The van der Waals surface area contributed by atoms with Gasteiger partial charge in [0, 0.05) is 5.57 Å². The molecule has 0 spiro atoms. The molecule has 120 valence electrons. The smallest absolute Gasteiger partial charge is 0.426 e. The van der Waals surface area contributed by atoms with E-state index >= 15 is 0 Å². The van der Waals surface area contributed by atoms with E-state index in [0.29, 0.717) is 0 Å². The van der Waals surface area contributed by atoms with Crippen LogP contribution in [0.1, 0.15) is 12.5 Å². The number of alkyl halides is 2. The number of hydrogen-bond acceptors (Lipinski definition) is 4. The van der Waals surface area contributed by atoms with Gasteiger partial charge in [-0.25, -0.2) is 4.79 Å². The number of hydrogen-bond donors (Lipinski definition) is 1. The van der Waals surface area contributed by atoms with E-state index in [4.69, 9.17) is 9.84 Å². The lowest BCUT2D eigenvalue weighted by atomic mass is 10.2. The van der Waals surface area contributed by atoms with Gasteiger partial charge in [0.05, 0.1) is 5.56 Å². The maximum absolute atomic E-state index is 14.1. The third-order valence-electron chi connectivity index (χ3n) is 2.83. The molecule has 1 N–H and O–H groups in total. The molecule has 0 amide bonds. The predicted octanol–water partition coefficient (Wildman–Crippen LogP) is 4.00. The molecule has 0 aliphatic carbocycles. The fraction of sp³-hybridized carbons (Fsp3) is 0.118. The van der Waals surface area contributed by atoms with Gasteiger partial charge < -0.3 is 14.6 Å². The lowest BCUT2D eigenvalue weighted by Crippen LogP contribution is -2.21. The quantitative estimate of drug-likeness (QED) is 0.514. The monoisotopic (exact) mass is 320 g/mol. The van der Waals surface area contributed by atoms with E-state index in [0.717, 1.165) is 12.1 Å². The number of halogens is 2. The number of aromatic hydroxyl groups is 1. The summed E-state index contributed by atoms with van der Waals surface area (Å²) in [4.78, 5) is 11.3. The van der Waals surface area contributed by atoms with Crippen LogP contribution < -0.4 is 9.47 Å². The lowest BCUT2D eigenvalue weighted by Gasteiger charge is -2.18. The zero-order valence-electron chi connectivity index (χ0n) is 12.3. The van der Waals surface area contributed by atoms with Crippen molar-refractivity contribution in [1.82, 2.24) is 0 Å². The third kappa shape index (κ3) is 4.29. The van der Waals surface area contributed by atoms with Crippen LogP contribution in [0.5, 0.6) is 17.2 Å². The second-order valence-electron chi connectivity index (χ2n) is 4.81. The van der Waals surface area contributed by atoms with Crippen molar-refractivity contribution in [2.75, 3.05) is 0 Å². The first-order valence-corrected chi connectivity index (χ1v) is 6.62. The minimum atomic E-state index is -3.58. The molecular formula is C17H14F2O4. The standard InChI is InChI=1S/C17H14F2O4/c1-11(2)16(21)22-14-7-3-12(4-8-14)17(18,19)23-15-9-5-13(20)6-10-15/h3-10,20H,1H2,2H3. The zero-order chi connectivity index (χ0) is 17.0. The first kappa shape index (κ1) is 16.5. The Hall–Kier alpha value is -2.89. The minimum Gasteiger partial charge on any atom is -0.508 e. The largest absolute Gasteiger partial charge is 0.508 e. The number of carbonyl (C=O) groups is 1. The Morgan fingerprint density at radius 2 is 1.57 bits per heavy atom. The molecule has 2 rings (SSSR count). The van der Waals surface area contributed by atoms with Crippen LogP contribution in [0.15, 0.2) is 60.7 Å². The second-order valence-corrected chi connectivity index (χ2v) is 4.81. The van der Waals surface area contributed by atoms with Crippen LogP contribution >= 0.6 is 0 Å². The van der Waals surface area contributed by atoms with Crippen LogP contribution in [-0.4, -0.2) is 11.1 Å². The van der Waals surface area contributed by atoms with Crippen molar-refractivity contribution in [2.45, 2.75) is 13.0 Å². The number of ether oxygens (including phenoxy) is 2. The highest BCUT2D eigenvalue weighted by Crippen LogP contribution is 2.33. The van der Waals surface area contributed by atoms with Crippen molar-refractivity contribution >= 4 is 5.97 Å². The van der Waals surface area contributed by atoms with Crippen molar-refractivity contribution in [2.24, 2.45) is 0 Å². The Balaban J connectivity index is 2.11. The molecule has 0 saturated heterocycles. The molecular weight excluding hydrogens is 306 g/mol. The summed E-state index contributed by atoms with van der Waals surface area (Å²) >= 11 is 0. The minimum absolute atomic E-state index is 0.0515. The number of carbonyl (C=O) groups excluding carboxylic acids is 1. The summed E-state index contributed by atoms with van der Waals surface area (Å²) in [6.45, 7) is 4.91. The molecule has 4 nitrogen and oxygen atoms in total. The molecule has 0 heterocycles. The Morgan fingerprint density at radius 1 is 1.04 bits per heavy atom. The van der Waals surface area contributed by atoms with Crippen molar-refractivity contribution in [1.29, 1.82) is 0 Å². The van der Waals surface area contributed by atoms with Crippen molar-refractivity contribution < 1.29 is 28.2 Å². The number of rotatable bonds is 5. The van der Waals surface area contributed by atoms with Gasteiger partial charge in [-0.2, -0.15) is 8.78 Å². The fourth-order valence-electron chi connectivity index (χ4n) is 1.63. The Labute approximate surface area is 131 Å². The van der Waals surface area contributed by atoms with Gasteiger partial charge in [0.15, 0.2) is 0 Å². The van der Waals surface area contributed by atoms with Crippen LogP contribution in [0.3, 0.4) is 0 Å². The molecule has 0 unspecified atom stereocenters. The average molecular weight is 320 g/mol. The maximum atomic E-state index is 14.1. The normalized spacial score (nSPS) is 10.9. The molecule has 0 aliphatic heterocycles. The first-order valence-electron chi connectivity index (χ1n) is 6.62. The Kier molecular flexibility index (Phi) is 4.64. The zero-order valence-corrected chi connectivity index (χ0v) is 12.3. The molecule has 6 heteroatoms. The van der Waals surface area contributed by atoms with E-state index < -0.39 is 17.6 Å². The SMILES string of the molecule is C=C(C)C(=O)Oc1ccc(C(F)(F)Oc2ccc(O)cc2)cc1. The highest BCUT2D eigenvalue weighted by atomic mass is 19.3. The predicted molar refractivity (Wildman–Crippen MR) is 79.5 cm³/mol. The van der Waals surface area contributed by atoms with E-state index in [1.165, 1.54) is 43.3 Å². The summed E-state index contributed by atoms with van der Waals surface area (Å²) in [5.41, 5.74) is -0.198. The molecule has 0 radical (unpaired) electrons. The summed E-state index contributed by atoms with van der Waals surface area (Å²) in [7, 11) is 0. The number of esters is 1. The molecule has 0 aliphatic rings. The van der Waals surface area contributed by atoms with E-state index in [1.807, 2.05) is 0 Å². The van der Waals surface area contributed by atoms with Crippen molar-refractivity contribution in [3.63, 3.8) is 0 Å². The van der Waals surface area contributed by atoms with Gasteiger partial charge >= 0.3 is 12.1 Å². The van der Waals surface area contributed by atoms with Crippen molar-refractivity contribution in [3.05, 3.63) is 66.2 Å². The van der Waals surface area contributed by atoms with Crippen LogP contribution in [0, 0.1) is 0 Å². The number of phenolic OH excluding ortho intramolecular Hbond substituents is 1. The van der Waals surface area contributed by atoms with Crippen LogP contribution in [0.2, 0.25) is 0 Å². The van der Waals surface area contributed by atoms with Crippen LogP contribution in [0.4, 0.5) is 8.78 Å². The van der Waals surface area contributed by atoms with Gasteiger partial charge in [-0.1, -0.05) is 6.58 Å². The fourth-order valence-corrected chi connectivity index (χ4v) is 1.63. The van der Waals surface area contributed by atoms with Crippen LogP contribution in [-0.2, 0) is 10.9 Å². The first-order chi connectivity index (χ1) is 10.8. The van der Waals surface area contributed by atoms with Crippen LogP contribution in [0.25, 0.3) is 0 Å². The van der Waals surface area contributed by atoms with Gasteiger partial charge in [-0.3, -0.25) is 0 Å². The topological polar surface area (TPSA) is 55.8 Å². The van der Waals surface area contributed by atoms with E-state index in [2.05, 4.69) is 11.3 Å². The maximum Gasteiger partial charge on any atom is 0.426 e. The molecule has 0 fully saturated rings. The molecule has 0 bridgehead atoms. The van der Waals surface area contributed by atoms with Crippen molar-refractivity contribution in [3.8, 4) is 17.2 Å². The Bertz CT molecular complexity index is 706. The number of benzene rings is 2. The Morgan fingerprint density at radius 3 is 2.09 bits per heavy atom. The molecule has 0 atom stereocenters. The molecule has 0 aromatic heterocycles. The highest BCUT2D eigenvalue weighted by Gasteiger charge is 2.34. The summed E-state index contributed by atoms with van der Waals surface area (Å²) in [5.74, 6) is -0.651. The second kappa shape index (κ2) is 6.48.